The Balaban J connectivity index is 2.27. The lowest BCUT2D eigenvalue weighted by Crippen LogP contribution is -2.16. The van der Waals surface area contributed by atoms with Gasteiger partial charge in [-0.1, -0.05) is 17.7 Å². The third kappa shape index (κ3) is 2.04. The van der Waals surface area contributed by atoms with E-state index in [4.69, 9.17) is 17.3 Å². The molecule has 0 unspecified atom stereocenters. The molecule has 0 amide bonds. The number of benzene rings is 1. The SMILES string of the molecule is Bc1nc(N)c(O)nc1-c1cc(Cl)c2ncccc2c1. The number of aromatic nitrogens is 3. The zero-order valence-electron chi connectivity index (χ0n) is 10.6. The lowest BCUT2D eigenvalue weighted by atomic mass is 9.96. The predicted octanol–water partition coefficient (Wildman–Crippen LogP) is 0.891. The first kappa shape index (κ1) is 12.7. The Labute approximate surface area is 120 Å². The summed E-state index contributed by atoms with van der Waals surface area (Å²) in [6.07, 6.45) is 1.69. The minimum absolute atomic E-state index is 0.0137. The summed E-state index contributed by atoms with van der Waals surface area (Å²) in [5.41, 5.74) is 8.18. The summed E-state index contributed by atoms with van der Waals surface area (Å²) in [6, 6.07) is 7.41. The monoisotopic (exact) mass is 284 g/mol. The highest BCUT2D eigenvalue weighted by atomic mass is 35.5. The van der Waals surface area contributed by atoms with Gasteiger partial charge in [-0.25, -0.2) is 9.97 Å². The van der Waals surface area contributed by atoms with Crippen molar-refractivity contribution in [2.75, 3.05) is 5.73 Å². The number of nitrogens with two attached hydrogens (primary N) is 1. The van der Waals surface area contributed by atoms with Crippen LogP contribution in [0.1, 0.15) is 0 Å². The maximum absolute atomic E-state index is 9.62. The molecule has 0 atom stereocenters. The number of anilines is 1. The van der Waals surface area contributed by atoms with Crippen molar-refractivity contribution < 1.29 is 5.11 Å². The van der Waals surface area contributed by atoms with Crippen LogP contribution < -0.4 is 11.3 Å². The fraction of sp³-hybridized carbons (Fsp3) is 0. The molecule has 0 fully saturated rings. The molecule has 2 heterocycles. The molecule has 98 valence electrons. The van der Waals surface area contributed by atoms with Crippen LogP contribution in [0.2, 0.25) is 5.02 Å². The average Bonchev–Trinajstić information content (AvgIpc) is 2.43. The smallest absolute Gasteiger partial charge is 0.255 e. The number of hydrogen-bond donors (Lipinski definition) is 2. The van der Waals surface area contributed by atoms with Crippen LogP contribution in [0.3, 0.4) is 0 Å². The maximum Gasteiger partial charge on any atom is 0.255 e. The van der Waals surface area contributed by atoms with Crippen LogP contribution in [0, 0.1) is 0 Å². The standard InChI is InChI=1S/C13H10BClN4O/c14-11-10(18-13(20)12(16)19-11)7-4-6-2-1-3-17-9(6)8(15)5-7/h1-5H,14H2,(H2,16,19)(H,18,20). The lowest BCUT2D eigenvalue weighted by Gasteiger charge is -2.09. The third-order valence-corrected chi connectivity index (χ3v) is 3.30. The highest BCUT2D eigenvalue weighted by molar-refractivity contribution is 6.36. The first-order valence-electron chi connectivity index (χ1n) is 5.94. The summed E-state index contributed by atoms with van der Waals surface area (Å²) in [5, 5.41) is 11.0. The number of halogens is 1. The normalized spacial score (nSPS) is 10.8. The van der Waals surface area contributed by atoms with E-state index in [1.807, 2.05) is 18.2 Å². The van der Waals surface area contributed by atoms with Gasteiger partial charge in [0.15, 0.2) is 13.7 Å². The number of nitrogens with zero attached hydrogens (tertiary/aromatic N) is 3. The first-order valence-corrected chi connectivity index (χ1v) is 6.32. The van der Waals surface area contributed by atoms with Crippen molar-refractivity contribution in [2.24, 2.45) is 0 Å². The van der Waals surface area contributed by atoms with E-state index in [0.717, 1.165) is 16.5 Å². The average molecular weight is 285 g/mol. The molecule has 0 aliphatic rings. The predicted molar refractivity (Wildman–Crippen MR) is 82.0 cm³/mol. The Kier molecular flexibility index (Phi) is 2.95. The van der Waals surface area contributed by atoms with E-state index >= 15 is 0 Å². The van der Waals surface area contributed by atoms with Crippen LogP contribution in [0.4, 0.5) is 5.82 Å². The van der Waals surface area contributed by atoms with Crippen molar-refractivity contribution in [3.8, 4) is 17.1 Å². The number of hydrogen-bond acceptors (Lipinski definition) is 5. The van der Waals surface area contributed by atoms with E-state index in [1.54, 1.807) is 20.1 Å². The van der Waals surface area contributed by atoms with Crippen molar-refractivity contribution in [3.05, 3.63) is 35.5 Å². The topological polar surface area (TPSA) is 84.9 Å². The van der Waals surface area contributed by atoms with Gasteiger partial charge in [-0.15, -0.1) is 0 Å². The molecule has 2 aromatic heterocycles. The van der Waals surface area contributed by atoms with Crippen molar-refractivity contribution in [1.29, 1.82) is 0 Å². The molecule has 3 rings (SSSR count). The summed E-state index contributed by atoms with van der Waals surface area (Å²) in [7, 11) is 1.78. The molecule has 0 bridgehead atoms. The number of rotatable bonds is 1. The van der Waals surface area contributed by atoms with Gasteiger partial charge in [-0.2, -0.15) is 0 Å². The molecule has 5 nitrogen and oxygen atoms in total. The molecule has 20 heavy (non-hydrogen) atoms. The molecule has 3 N–H and O–H groups in total. The zero-order chi connectivity index (χ0) is 14.3. The molecule has 3 aromatic rings. The van der Waals surface area contributed by atoms with Gasteiger partial charge < -0.3 is 10.8 Å². The molecule has 0 aliphatic heterocycles. The number of nitrogen functional groups attached to an aromatic ring is 1. The van der Waals surface area contributed by atoms with Gasteiger partial charge in [0.05, 0.1) is 16.2 Å². The van der Waals surface area contributed by atoms with E-state index in [2.05, 4.69) is 15.0 Å². The highest BCUT2D eigenvalue weighted by Gasteiger charge is 2.12. The van der Waals surface area contributed by atoms with Gasteiger partial charge in [-0.3, -0.25) is 4.98 Å². The number of fused-ring (bicyclic) bond motifs is 1. The Morgan fingerprint density at radius 3 is 2.85 bits per heavy atom. The number of pyridine rings is 1. The maximum atomic E-state index is 9.62. The van der Waals surface area contributed by atoms with E-state index in [0.29, 0.717) is 16.3 Å². The van der Waals surface area contributed by atoms with Gasteiger partial charge in [0, 0.05) is 22.7 Å². The highest BCUT2D eigenvalue weighted by Crippen LogP contribution is 2.28. The summed E-state index contributed by atoms with van der Waals surface area (Å²) in [6.45, 7) is 0. The Morgan fingerprint density at radius 1 is 1.25 bits per heavy atom. The summed E-state index contributed by atoms with van der Waals surface area (Å²) < 4.78 is 0. The van der Waals surface area contributed by atoms with E-state index < -0.39 is 0 Å². The quantitative estimate of drug-likeness (QED) is 0.648. The molecule has 0 aliphatic carbocycles. The van der Waals surface area contributed by atoms with Gasteiger partial charge in [0.2, 0.25) is 0 Å². The van der Waals surface area contributed by atoms with E-state index in [9.17, 15) is 5.11 Å². The van der Waals surface area contributed by atoms with Gasteiger partial charge in [0.1, 0.15) is 0 Å². The van der Waals surface area contributed by atoms with Crippen LogP contribution in [0.25, 0.3) is 22.2 Å². The second kappa shape index (κ2) is 4.65. The summed E-state index contributed by atoms with van der Waals surface area (Å²) in [5.74, 6) is -0.271. The molecular formula is C13H10BClN4O. The molecule has 0 radical (unpaired) electrons. The minimum atomic E-state index is -0.284. The van der Waals surface area contributed by atoms with Gasteiger partial charge in [0.25, 0.3) is 5.88 Å². The zero-order valence-corrected chi connectivity index (χ0v) is 11.4. The van der Waals surface area contributed by atoms with Crippen LogP contribution in [-0.4, -0.2) is 27.9 Å². The lowest BCUT2D eigenvalue weighted by molar-refractivity contribution is 0.455. The number of aromatic hydroxyl groups is 1. The molecule has 0 saturated heterocycles. The second-order valence-corrected chi connectivity index (χ2v) is 4.81. The molecule has 7 heteroatoms. The van der Waals surface area contributed by atoms with Crippen molar-refractivity contribution in [3.63, 3.8) is 0 Å². The molecule has 1 aromatic carbocycles. The summed E-state index contributed by atoms with van der Waals surface area (Å²) >= 11 is 6.24. The Morgan fingerprint density at radius 2 is 2.05 bits per heavy atom. The summed E-state index contributed by atoms with van der Waals surface area (Å²) in [4.78, 5) is 12.4. The minimum Gasteiger partial charge on any atom is -0.491 e. The van der Waals surface area contributed by atoms with Gasteiger partial charge >= 0.3 is 0 Å². The van der Waals surface area contributed by atoms with E-state index in [1.165, 1.54) is 0 Å². The van der Waals surface area contributed by atoms with E-state index in [-0.39, 0.29) is 11.7 Å². The third-order valence-electron chi connectivity index (χ3n) is 3.01. The fourth-order valence-corrected chi connectivity index (χ4v) is 2.36. The fourth-order valence-electron chi connectivity index (χ4n) is 2.09. The molecular weight excluding hydrogens is 274 g/mol. The molecule has 0 spiro atoms. The Bertz CT molecular complexity index is 825. The van der Waals surface area contributed by atoms with Crippen LogP contribution in [0.5, 0.6) is 5.88 Å². The van der Waals surface area contributed by atoms with Gasteiger partial charge in [-0.05, 0) is 18.2 Å². The van der Waals surface area contributed by atoms with Crippen LogP contribution in [0.15, 0.2) is 30.5 Å². The van der Waals surface area contributed by atoms with Crippen molar-refractivity contribution in [1.82, 2.24) is 15.0 Å². The van der Waals surface area contributed by atoms with Crippen LogP contribution in [-0.2, 0) is 0 Å². The second-order valence-electron chi connectivity index (χ2n) is 4.40. The molecule has 0 saturated carbocycles. The van der Waals surface area contributed by atoms with Crippen LogP contribution >= 0.6 is 11.6 Å². The van der Waals surface area contributed by atoms with Crippen molar-refractivity contribution in [2.45, 2.75) is 0 Å². The largest absolute Gasteiger partial charge is 0.491 e. The Hall–Kier alpha value is -2.34. The van der Waals surface area contributed by atoms with Crippen molar-refractivity contribution >= 4 is 41.8 Å². The first-order chi connectivity index (χ1) is 9.56.